The number of carbonyl (C=O) groups excluding carboxylic acids is 1. The number of hydrogen-bond donors (Lipinski definition) is 3. The lowest BCUT2D eigenvalue weighted by molar-refractivity contribution is -0.143. The highest BCUT2D eigenvalue weighted by molar-refractivity contribution is 7.92. The molecule has 1 amide bonds. The Bertz CT molecular complexity index is 1880. The molecule has 1 saturated heterocycles. The summed E-state index contributed by atoms with van der Waals surface area (Å²) in [5.74, 6) is -2.99. The Morgan fingerprint density at radius 2 is 1.86 bits per heavy atom. The van der Waals surface area contributed by atoms with Gasteiger partial charge in [-0.05, 0) is 78.2 Å². The van der Waals surface area contributed by atoms with E-state index in [0.717, 1.165) is 10.8 Å². The molecule has 12 heteroatoms. The number of ether oxygens (including phenoxy) is 1. The van der Waals surface area contributed by atoms with E-state index in [2.05, 4.69) is 10.3 Å². The van der Waals surface area contributed by atoms with Crippen molar-refractivity contribution in [3.63, 3.8) is 0 Å². The number of halogens is 1. The van der Waals surface area contributed by atoms with Crippen LogP contribution in [0.25, 0.3) is 10.8 Å². The van der Waals surface area contributed by atoms with E-state index >= 15 is 0 Å². The van der Waals surface area contributed by atoms with Gasteiger partial charge in [-0.1, -0.05) is 24.3 Å². The molecule has 2 unspecified atom stereocenters. The van der Waals surface area contributed by atoms with Gasteiger partial charge in [-0.15, -0.1) is 0 Å². The SMILES string of the molecule is COc1cc([C@@H](Nc2ccc3c(N)nccc3c2)C(=O)N2CCC(C(=O)O)C2c2ccccc2S(=O)(=O)C2CC2)ccc1F. The molecule has 1 aliphatic carbocycles. The Morgan fingerprint density at radius 3 is 2.59 bits per heavy atom. The molecular weight excluding hydrogens is 587 g/mol. The van der Waals surface area contributed by atoms with E-state index in [1.165, 1.54) is 36.3 Å². The number of nitrogens with zero attached hydrogens (tertiary/aromatic N) is 2. The fraction of sp³-hybridized carbons (Fsp3) is 0.281. The van der Waals surface area contributed by atoms with Gasteiger partial charge < -0.3 is 25.8 Å². The molecule has 0 bridgehead atoms. The van der Waals surface area contributed by atoms with Gasteiger partial charge in [-0.2, -0.15) is 0 Å². The van der Waals surface area contributed by atoms with Crippen molar-refractivity contribution < 1.29 is 32.2 Å². The summed E-state index contributed by atoms with van der Waals surface area (Å²) in [5.41, 5.74) is 7.22. The van der Waals surface area contributed by atoms with Gasteiger partial charge in [0.2, 0.25) is 5.91 Å². The summed E-state index contributed by atoms with van der Waals surface area (Å²) in [6, 6.07) is 15.3. The number of hydrogen-bond acceptors (Lipinski definition) is 8. The van der Waals surface area contributed by atoms with Gasteiger partial charge in [0.25, 0.3) is 0 Å². The smallest absolute Gasteiger partial charge is 0.309 e. The number of carboxylic acid groups (broad SMARTS) is 1. The molecule has 3 atom stereocenters. The lowest BCUT2D eigenvalue weighted by Gasteiger charge is -2.32. The van der Waals surface area contributed by atoms with Crippen molar-refractivity contribution in [1.82, 2.24) is 9.88 Å². The summed E-state index contributed by atoms with van der Waals surface area (Å²) < 4.78 is 46.5. The van der Waals surface area contributed by atoms with Crippen LogP contribution in [0.3, 0.4) is 0 Å². The molecule has 0 radical (unpaired) electrons. The molecule has 4 aromatic rings. The van der Waals surface area contributed by atoms with Gasteiger partial charge in [0.05, 0.1) is 29.2 Å². The number of carboxylic acids is 1. The number of anilines is 2. The number of carbonyl (C=O) groups is 2. The van der Waals surface area contributed by atoms with Gasteiger partial charge in [0, 0.05) is 23.8 Å². The summed E-state index contributed by atoms with van der Waals surface area (Å²) in [7, 11) is -2.39. The first-order chi connectivity index (χ1) is 21.1. The summed E-state index contributed by atoms with van der Waals surface area (Å²) >= 11 is 0. The molecule has 1 aromatic heterocycles. The summed E-state index contributed by atoms with van der Waals surface area (Å²) in [5, 5.41) is 14.4. The maximum absolute atomic E-state index is 14.6. The first kappa shape index (κ1) is 29.4. The fourth-order valence-corrected chi connectivity index (χ4v) is 7.89. The third-order valence-corrected chi connectivity index (χ3v) is 10.7. The van der Waals surface area contributed by atoms with Gasteiger partial charge in [-0.25, -0.2) is 17.8 Å². The summed E-state index contributed by atoms with van der Waals surface area (Å²) in [4.78, 5) is 32.6. The zero-order chi connectivity index (χ0) is 31.2. The Kier molecular flexibility index (Phi) is 7.62. The summed E-state index contributed by atoms with van der Waals surface area (Å²) in [6.45, 7) is 0.0781. The lowest BCUT2D eigenvalue weighted by atomic mass is 9.93. The molecule has 6 rings (SSSR count). The highest BCUT2D eigenvalue weighted by Gasteiger charge is 2.47. The van der Waals surface area contributed by atoms with Crippen molar-refractivity contribution in [1.29, 1.82) is 0 Å². The number of benzene rings is 3. The van der Waals surface area contributed by atoms with Gasteiger partial charge >= 0.3 is 5.97 Å². The molecule has 4 N–H and O–H groups in total. The Morgan fingerprint density at radius 1 is 1.09 bits per heavy atom. The van der Waals surface area contributed by atoms with Crippen molar-refractivity contribution in [3.05, 3.63) is 89.9 Å². The zero-order valence-corrected chi connectivity index (χ0v) is 24.6. The maximum Gasteiger partial charge on any atom is 0.309 e. The predicted molar refractivity (Wildman–Crippen MR) is 162 cm³/mol. The third kappa shape index (κ3) is 5.30. The van der Waals surface area contributed by atoms with E-state index in [1.54, 1.807) is 48.7 Å². The normalized spacial score (nSPS) is 19.1. The van der Waals surface area contributed by atoms with Gasteiger partial charge in [0.15, 0.2) is 21.4 Å². The topological polar surface area (TPSA) is 152 Å². The number of amides is 1. The largest absolute Gasteiger partial charge is 0.494 e. The highest BCUT2D eigenvalue weighted by Crippen LogP contribution is 2.44. The maximum atomic E-state index is 14.6. The van der Waals surface area contributed by atoms with E-state index in [4.69, 9.17) is 10.5 Å². The Hall–Kier alpha value is -4.71. The quantitative estimate of drug-likeness (QED) is 0.242. The van der Waals surface area contributed by atoms with E-state index in [9.17, 15) is 27.5 Å². The number of nitrogen functional groups attached to an aromatic ring is 1. The molecule has 3 aromatic carbocycles. The van der Waals surface area contributed by atoms with Crippen LogP contribution in [0.2, 0.25) is 0 Å². The molecule has 228 valence electrons. The first-order valence-corrected chi connectivity index (χ1v) is 15.7. The monoisotopic (exact) mass is 618 g/mol. The number of methoxy groups -OCH3 is 1. The predicted octanol–water partition coefficient (Wildman–Crippen LogP) is 4.73. The zero-order valence-electron chi connectivity index (χ0n) is 23.8. The summed E-state index contributed by atoms with van der Waals surface area (Å²) in [6.07, 6.45) is 2.78. The van der Waals surface area contributed by atoms with Crippen LogP contribution in [-0.2, 0) is 19.4 Å². The van der Waals surface area contributed by atoms with Crippen LogP contribution in [0.5, 0.6) is 5.75 Å². The van der Waals surface area contributed by atoms with Crippen molar-refractivity contribution in [2.75, 3.05) is 24.7 Å². The molecular formula is C32H31FN4O6S. The Balaban J connectivity index is 1.44. The van der Waals surface area contributed by atoms with Crippen LogP contribution in [0.4, 0.5) is 15.9 Å². The van der Waals surface area contributed by atoms with Crippen LogP contribution < -0.4 is 15.8 Å². The number of nitrogens with two attached hydrogens (primary N) is 1. The van der Waals surface area contributed by atoms with Crippen LogP contribution >= 0.6 is 0 Å². The number of aromatic nitrogens is 1. The molecule has 2 aliphatic rings. The number of likely N-dealkylation sites (tertiary alicyclic amines) is 1. The number of nitrogens with one attached hydrogen (secondary N) is 1. The number of fused-ring (bicyclic) bond motifs is 1. The van der Waals surface area contributed by atoms with Crippen LogP contribution in [0.15, 0.2) is 77.8 Å². The highest BCUT2D eigenvalue weighted by atomic mass is 32.2. The minimum atomic E-state index is -3.71. The fourth-order valence-electron chi connectivity index (χ4n) is 5.99. The number of rotatable bonds is 9. The molecule has 0 spiro atoms. The Labute approximate surface area is 253 Å². The molecule has 10 nitrogen and oxygen atoms in total. The van der Waals surface area contributed by atoms with E-state index in [1.807, 2.05) is 0 Å². The molecule has 2 heterocycles. The lowest BCUT2D eigenvalue weighted by Crippen LogP contribution is -2.40. The van der Waals surface area contributed by atoms with Crippen molar-refractivity contribution >= 4 is 44.0 Å². The van der Waals surface area contributed by atoms with E-state index in [-0.39, 0.29) is 29.2 Å². The first-order valence-electron chi connectivity index (χ1n) is 14.2. The second-order valence-corrected chi connectivity index (χ2v) is 13.3. The molecule has 1 saturated carbocycles. The molecule has 44 heavy (non-hydrogen) atoms. The van der Waals surface area contributed by atoms with Crippen LogP contribution in [-0.4, -0.2) is 54.2 Å². The van der Waals surface area contributed by atoms with Crippen molar-refractivity contribution in [2.24, 2.45) is 5.92 Å². The van der Waals surface area contributed by atoms with Crippen LogP contribution in [0, 0.1) is 11.7 Å². The van der Waals surface area contributed by atoms with Crippen molar-refractivity contribution in [2.45, 2.75) is 41.5 Å². The van der Waals surface area contributed by atoms with Gasteiger partial charge in [-0.3, -0.25) is 9.59 Å². The van der Waals surface area contributed by atoms with E-state index in [0.29, 0.717) is 29.9 Å². The number of pyridine rings is 1. The third-order valence-electron chi connectivity index (χ3n) is 8.37. The van der Waals surface area contributed by atoms with Crippen molar-refractivity contribution in [3.8, 4) is 5.75 Å². The standard InChI is InChI=1S/C32H31FN4O6S/c1-43-26-17-19(6-11-25(26)33)28(36-20-7-10-22-18(16-20)12-14-35-30(22)34)31(38)37-15-13-24(32(39)40)29(37)23-4-2-3-5-27(23)44(41,42)21-8-9-21/h2-7,10-12,14,16-17,21,24,28-29,36H,8-9,13,15H2,1H3,(H2,34,35)(H,39,40)/t24?,28-,29?/m1/s1. The average molecular weight is 619 g/mol. The van der Waals surface area contributed by atoms with Gasteiger partial charge in [0.1, 0.15) is 11.9 Å². The minimum absolute atomic E-state index is 0.0483. The van der Waals surface area contributed by atoms with E-state index < -0.39 is 50.8 Å². The average Bonchev–Trinajstić information content (AvgIpc) is 3.79. The minimum Gasteiger partial charge on any atom is -0.494 e. The molecule has 1 aliphatic heterocycles. The second kappa shape index (κ2) is 11.4. The molecule has 2 fully saturated rings. The second-order valence-electron chi connectivity index (χ2n) is 11.1. The number of aliphatic carboxylic acids is 1. The number of sulfone groups is 1. The van der Waals surface area contributed by atoms with Crippen LogP contribution in [0.1, 0.15) is 42.5 Å².